The van der Waals surface area contributed by atoms with Gasteiger partial charge in [-0.15, -0.1) is 0 Å². The van der Waals surface area contributed by atoms with Gasteiger partial charge < -0.3 is 4.74 Å². The van der Waals surface area contributed by atoms with E-state index in [2.05, 4.69) is 45.2 Å². The third-order valence-corrected chi connectivity index (χ3v) is 5.23. The zero-order chi connectivity index (χ0) is 23.1. The molecule has 0 aliphatic carbocycles. The molecule has 0 saturated heterocycles. The SMILES string of the molecule is C=C/C=C\C(C)=C(/C)CCOC(=O)c1ccc(C(/C=C\C(=C)CCCCC)=C/C)cc1. The van der Waals surface area contributed by atoms with Crippen LogP contribution in [0.25, 0.3) is 5.57 Å². The second kappa shape index (κ2) is 15.0. The maximum Gasteiger partial charge on any atom is 0.338 e. The first kappa shape index (κ1) is 26.2. The summed E-state index contributed by atoms with van der Waals surface area (Å²) in [4.78, 5) is 12.4. The molecule has 0 amide bonds. The van der Waals surface area contributed by atoms with Crippen molar-refractivity contribution in [3.05, 3.63) is 102 Å². The van der Waals surface area contributed by atoms with Crippen LogP contribution in [-0.2, 0) is 4.74 Å². The highest BCUT2D eigenvalue weighted by Gasteiger charge is 2.08. The summed E-state index contributed by atoms with van der Waals surface area (Å²) in [7, 11) is 0. The van der Waals surface area contributed by atoms with Crippen molar-refractivity contribution in [3.8, 4) is 0 Å². The summed E-state index contributed by atoms with van der Waals surface area (Å²) in [5.74, 6) is -0.291. The van der Waals surface area contributed by atoms with Gasteiger partial charge in [0.1, 0.15) is 0 Å². The molecule has 31 heavy (non-hydrogen) atoms. The Bertz CT molecular complexity index is 845. The molecule has 0 spiro atoms. The quantitative estimate of drug-likeness (QED) is 0.182. The number of ether oxygens (including phenoxy) is 1. The Balaban J connectivity index is 2.64. The topological polar surface area (TPSA) is 26.3 Å². The summed E-state index contributed by atoms with van der Waals surface area (Å²) in [5.41, 5.74) is 6.26. The van der Waals surface area contributed by atoms with Crippen LogP contribution in [0.5, 0.6) is 0 Å². The minimum absolute atomic E-state index is 0.291. The van der Waals surface area contributed by atoms with E-state index < -0.39 is 0 Å². The molecule has 0 fully saturated rings. The molecule has 0 N–H and O–H groups in total. The van der Waals surface area contributed by atoms with Crippen molar-refractivity contribution in [1.82, 2.24) is 0 Å². The van der Waals surface area contributed by atoms with Crippen molar-refractivity contribution in [2.75, 3.05) is 6.61 Å². The monoisotopic (exact) mass is 418 g/mol. The van der Waals surface area contributed by atoms with Crippen molar-refractivity contribution in [2.24, 2.45) is 0 Å². The zero-order valence-electron chi connectivity index (χ0n) is 19.7. The zero-order valence-corrected chi connectivity index (χ0v) is 19.7. The lowest BCUT2D eigenvalue weighted by molar-refractivity contribution is 0.0509. The lowest BCUT2D eigenvalue weighted by Crippen LogP contribution is -2.07. The average Bonchev–Trinajstić information content (AvgIpc) is 2.78. The molecule has 0 atom stereocenters. The summed E-state index contributed by atoms with van der Waals surface area (Å²) < 4.78 is 5.45. The van der Waals surface area contributed by atoms with Crippen molar-refractivity contribution in [3.63, 3.8) is 0 Å². The molecule has 0 aliphatic rings. The van der Waals surface area contributed by atoms with Gasteiger partial charge in [0, 0.05) is 6.42 Å². The Hall–Kier alpha value is -2.87. The summed E-state index contributed by atoms with van der Waals surface area (Å²) in [6, 6.07) is 7.58. The van der Waals surface area contributed by atoms with E-state index in [1.165, 1.54) is 30.4 Å². The first-order chi connectivity index (χ1) is 14.9. The van der Waals surface area contributed by atoms with Crippen LogP contribution in [0, 0.1) is 0 Å². The number of benzene rings is 1. The van der Waals surface area contributed by atoms with E-state index in [1.54, 1.807) is 6.08 Å². The largest absolute Gasteiger partial charge is 0.462 e. The maximum atomic E-state index is 12.4. The van der Waals surface area contributed by atoms with Gasteiger partial charge in [-0.3, -0.25) is 0 Å². The fourth-order valence-corrected chi connectivity index (χ4v) is 2.98. The molecule has 0 radical (unpaired) electrons. The van der Waals surface area contributed by atoms with Crippen LogP contribution in [0.4, 0.5) is 0 Å². The van der Waals surface area contributed by atoms with Gasteiger partial charge in [0.25, 0.3) is 0 Å². The lowest BCUT2D eigenvalue weighted by atomic mass is 10.0. The molecule has 1 aromatic rings. The van der Waals surface area contributed by atoms with E-state index in [9.17, 15) is 4.79 Å². The molecular weight excluding hydrogens is 380 g/mol. The first-order valence-electron chi connectivity index (χ1n) is 11.2. The molecule has 2 heteroatoms. The average molecular weight is 419 g/mol. The summed E-state index contributed by atoms with van der Waals surface area (Å²) in [6.07, 6.45) is 17.3. The molecule has 166 valence electrons. The van der Waals surface area contributed by atoms with E-state index in [4.69, 9.17) is 4.74 Å². The van der Waals surface area contributed by atoms with E-state index >= 15 is 0 Å². The van der Waals surface area contributed by atoms with Crippen LogP contribution < -0.4 is 0 Å². The van der Waals surface area contributed by atoms with E-state index in [-0.39, 0.29) is 5.97 Å². The number of carbonyl (C=O) groups excluding carboxylic acids is 1. The third-order valence-electron chi connectivity index (χ3n) is 5.23. The predicted molar refractivity (Wildman–Crippen MR) is 135 cm³/mol. The van der Waals surface area contributed by atoms with Crippen molar-refractivity contribution >= 4 is 11.5 Å². The number of esters is 1. The maximum absolute atomic E-state index is 12.4. The fraction of sp³-hybridized carbons (Fsp3) is 0.345. The summed E-state index contributed by atoms with van der Waals surface area (Å²) in [6.45, 7) is 16.5. The minimum atomic E-state index is -0.291. The number of unbranched alkanes of at least 4 members (excludes halogenated alkanes) is 2. The van der Waals surface area contributed by atoms with Crippen LogP contribution in [-0.4, -0.2) is 12.6 Å². The van der Waals surface area contributed by atoms with Gasteiger partial charge in [-0.2, -0.15) is 0 Å². The minimum Gasteiger partial charge on any atom is -0.462 e. The van der Waals surface area contributed by atoms with Gasteiger partial charge >= 0.3 is 5.97 Å². The molecular formula is C29H38O2. The van der Waals surface area contributed by atoms with E-state index in [0.717, 1.165) is 23.1 Å². The van der Waals surface area contributed by atoms with Crippen LogP contribution in [0.3, 0.4) is 0 Å². The Morgan fingerprint density at radius 2 is 1.68 bits per heavy atom. The highest BCUT2D eigenvalue weighted by molar-refractivity contribution is 5.90. The van der Waals surface area contributed by atoms with Crippen LogP contribution >= 0.6 is 0 Å². The molecule has 1 rings (SSSR count). The summed E-state index contributed by atoms with van der Waals surface area (Å²) in [5, 5.41) is 0. The molecule has 0 heterocycles. The highest BCUT2D eigenvalue weighted by Crippen LogP contribution is 2.19. The van der Waals surface area contributed by atoms with Gasteiger partial charge in [-0.25, -0.2) is 4.79 Å². The van der Waals surface area contributed by atoms with Gasteiger partial charge in [0.15, 0.2) is 0 Å². The third kappa shape index (κ3) is 10.1. The molecule has 0 bridgehead atoms. The lowest BCUT2D eigenvalue weighted by Gasteiger charge is -2.08. The summed E-state index contributed by atoms with van der Waals surface area (Å²) >= 11 is 0. The van der Waals surface area contributed by atoms with E-state index in [1.807, 2.05) is 50.3 Å². The number of hydrogen-bond donors (Lipinski definition) is 0. The van der Waals surface area contributed by atoms with Crippen molar-refractivity contribution in [2.45, 2.75) is 59.8 Å². The smallest absolute Gasteiger partial charge is 0.338 e. The van der Waals surface area contributed by atoms with Gasteiger partial charge in [0.05, 0.1) is 12.2 Å². The molecule has 0 saturated carbocycles. The second-order valence-corrected chi connectivity index (χ2v) is 7.71. The van der Waals surface area contributed by atoms with Crippen molar-refractivity contribution in [1.29, 1.82) is 0 Å². The Labute approximate surface area is 189 Å². The van der Waals surface area contributed by atoms with Gasteiger partial charge in [0.2, 0.25) is 0 Å². The Morgan fingerprint density at radius 1 is 1.00 bits per heavy atom. The number of carbonyl (C=O) groups is 1. The Morgan fingerprint density at radius 3 is 2.29 bits per heavy atom. The van der Waals surface area contributed by atoms with Crippen LogP contribution in [0.15, 0.2) is 90.6 Å². The molecule has 1 aromatic carbocycles. The van der Waals surface area contributed by atoms with Crippen molar-refractivity contribution < 1.29 is 9.53 Å². The molecule has 0 aliphatic heterocycles. The number of allylic oxidation sites excluding steroid dienone is 9. The molecule has 0 aromatic heterocycles. The number of hydrogen-bond acceptors (Lipinski definition) is 2. The normalized spacial score (nSPS) is 12.8. The van der Waals surface area contributed by atoms with Gasteiger partial charge in [-0.05, 0) is 56.9 Å². The van der Waals surface area contributed by atoms with Crippen LogP contribution in [0.2, 0.25) is 0 Å². The number of rotatable bonds is 13. The Kier molecular flexibility index (Phi) is 12.7. The second-order valence-electron chi connectivity index (χ2n) is 7.71. The fourth-order valence-electron chi connectivity index (χ4n) is 2.98. The van der Waals surface area contributed by atoms with Crippen LogP contribution in [0.1, 0.15) is 75.7 Å². The van der Waals surface area contributed by atoms with E-state index in [0.29, 0.717) is 18.6 Å². The standard InChI is InChI=1S/C29H38O2/c1-7-10-12-13-23(4)15-16-26(9-3)27-17-19-28(20-18-27)29(30)31-22-21-25(6)24(5)14-11-8-2/h8-9,11,14-20H,2,4,7,10,12-13,21-22H2,1,3,5-6H3/b14-11-,16-15-,25-24+,26-9+. The molecule has 2 nitrogen and oxygen atoms in total. The predicted octanol–water partition coefficient (Wildman–Crippen LogP) is 8.41. The first-order valence-corrected chi connectivity index (χ1v) is 11.2. The van der Waals surface area contributed by atoms with Gasteiger partial charge in [-0.1, -0.05) is 98.2 Å². The highest BCUT2D eigenvalue weighted by atomic mass is 16.5. The molecule has 0 unspecified atom stereocenters.